The van der Waals surface area contributed by atoms with E-state index in [-0.39, 0.29) is 81.4 Å². The Balaban J connectivity index is 3.31. The van der Waals surface area contributed by atoms with E-state index in [2.05, 4.69) is 33.2 Å². The van der Waals surface area contributed by atoms with Crippen molar-refractivity contribution in [3.63, 3.8) is 0 Å². The molecule has 0 saturated carbocycles. The first-order chi connectivity index (χ1) is 35.8. The zero-order chi connectivity index (χ0) is 56.1. The van der Waals surface area contributed by atoms with Crippen LogP contribution in [0.4, 0.5) is 0 Å². The van der Waals surface area contributed by atoms with Crippen LogP contribution in [0.25, 0.3) is 0 Å². The molecule has 0 heterocycles. The van der Waals surface area contributed by atoms with Crippen LogP contribution in [-0.2, 0) is 44.8 Å². The largest absolute Gasteiger partial charge is 0.508 e. The minimum Gasteiger partial charge on any atom is -0.508 e. The SMILES string of the molecule is CCCCCCCCCCCCCCCC(=O)N[C@H](C(=O)C[C@H](C(=O)N[C@@H](CCC(N)=O)C(=O)C[C@@H](Cc1ccc(O)cc1)C(=O)N[C@@H](CCCN=C(N)N)C(=O)C[C@@H](CCCCN)C(=O)NC)[C@@H](C)CC)[C@@H](C)O. The van der Waals surface area contributed by atoms with Crippen molar-refractivity contribution in [2.45, 2.75) is 219 Å². The number of guanidine groups is 1. The number of amides is 5. The molecule has 0 aliphatic heterocycles. The van der Waals surface area contributed by atoms with Gasteiger partial charge in [0.05, 0.1) is 18.2 Å². The summed E-state index contributed by atoms with van der Waals surface area (Å²) in [5, 5.41) is 31.6. The number of hydrogen-bond donors (Lipinski definition) is 10. The van der Waals surface area contributed by atoms with Crippen LogP contribution >= 0.6 is 0 Å². The predicted octanol–water partition coefficient (Wildman–Crippen LogP) is 5.22. The highest BCUT2D eigenvalue weighted by Crippen LogP contribution is 2.24. The molecule has 5 amide bonds. The average molecular weight is 1060 g/mol. The Hall–Kier alpha value is -5.43. The lowest BCUT2D eigenvalue weighted by Crippen LogP contribution is -2.51. The molecule has 0 fully saturated rings. The Bertz CT molecular complexity index is 1890. The normalized spacial score (nSPS) is 14.4. The number of carbonyl (C=O) groups is 8. The molecule has 0 spiro atoms. The second-order valence-electron chi connectivity index (χ2n) is 20.5. The summed E-state index contributed by atoms with van der Waals surface area (Å²) in [6.07, 6.45) is 14.8. The Morgan fingerprint density at radius 1 is 0.600 bits per heavy atom. The van der Waals surface area contributed by atoms with Crippen molar-refractivity contribution in [3.8, 4) is 5.75 Å². The number of unbranched alkanes of at least 4 members (excludes halogenated alkanes) is 13. The van der Waals surface area contributed by atoms with Crippen LogP contribution in [0, 0.1) is 23.7 Å². The van der Waals surface area contributed by atoms with E-state index in [0.717, 1.165) is 25.7 Å². The highest BCUT2D eigenvalue weighted by atomic mass is 16.3. The number of nitrogens with one attached hydrogen (secondary N) is 4. The molecule has 8 atom stereocenters. The summed E-state index contributed by atoms with van der Waals surface area (Å²) in [5.41, 5.74) is 22.8. The van der Waals surface area contributed by atoms with Crippen LogP contribution in [-0.4, -0.2) is 107 Å². The maximum atomic E-state index is 14.5. The molecule has 0 unspecified atom stereocenters. The number of phenolic OH excluding ortho intramolecular Hbond substituents is 1. The lowest BCUT2D eigenvalue weighted by Gasteiger charge is -2.28. The number of phenols is 1. The summed E-state index contributed by atoms with van der Waals surface area (Å²) in [6.45, 7) is 7.78. The molecular weight excluding hydrogens is 959 g/mol. The molecule has 426 valence electrons. The van der Waals surface area contributed by atoms with Crippen molar-refractivity contribution in [1.29, 1.82) is 0 Å². The van der Waals surface area contributed by atoms with Crippen LogP contribution in [0.5, 0.6) is 5.75 Å². The third-order valence-electron chi connectivity index (χ3n) is 14.1. The van der Waals surface area contributed by atoms with Crippen LogP contribution in [0.15, 0.2) is 29.3 Å². The number of hydrogen-bond acceptors (Lipinski definition) is 12. The van der Waals surface area contributed by atoms with Crippen molar-refractivity contribution in [3.05, 3.63) is 29.8 Å². The number of ketones is 3. The Morgan fingerprint density at radius 3 is 1.67 bits per heavy atom. The highest BCUT2D eigenvalue weighted by molar-refractivity contribution is 5.97. The molecule has 0 saturated heterocycles. The fourth-order valence-electron chi connectivity index (χ4n) is 9.19. The molecule has 0 bridgehead atoms. The van der Waals surface area contributed by atoms with E-state index < -0.39 is 89.4 Å². The molecule has 0 radical (unpaired) electrons. The van der Waals surface area contributed by atoms with Gasteiger partial charge in [-0.05, 0) is 82.0 Å². The number of aliphatic hydroxyl groups excluding tert-OH is 1. The van der Waals surface area contributed by atoms with Crippen molar-refractivity contribution >= 4 is 52.8 Å². The summed E-state index contributed by atoms with van der Waals surface area (Å²) in [5.74, 6) is -7.88. The number of aliphatic imine (C=N–C) groups is 1. The second kappa shape index (κ2) is 39.9. The first-order valence-electron chi connectivity index (χ1n) is 28.0. The predicted molar refractivity (Wildman–Crippen MR) is 294 cm³/mol. The van der Waals surface area contributed by atoms with Crippen LogP contribution in [0.1, 0.15) is 194 Å². The molecule has 0 aliphatic rings. The fraction of sp³-hybridized carbons (Fsp3) is 0.732. The van der Waals surface area contributed by atoms with Crippen molar-refractivity contribution in [1.82, 2.24) is 21.3 Å². The zero-order valence-electron chi connectivity index (χ0n) is 46.1. The molecular formula is C56H97N9O10. The maximum absolute atomic E-state index is 14.5. The smallest absolute Gasteiger partial charge is 0.224 e. The highest BCUT2D eigenvalue weighted by Gasteiger charge is 2.36. The molecule has 1 aromatic carbocycles. The lowest BCUT2D eigenvalue weighted by molar-refractivity contribution is -0.137. The Labute approximate surface area is 447 Å². The van der Waals surface area contributed by atoms with Gasteiger partial charge in [-0.15, -0.1) is 0 Å². The van der Waals surface area contributed by atoms with Gasteiger partial charge < -0.3 is 54.4 Å². The molecule has 0 aliphatic carbocycles. The van der Waals surface area contributed by atoms with Crippen LogP contribution in [0.3, 0.4) is 0 Å². The van der Waals surface area contributed by atoms with E-state index in [0.29, 0.717) is 44.2 Å². The van der Waals surface area contributed by atoms with Crippen molar-refractivity contribution < 1.29 is 48.6 Å². The Kier molecular flexibility index (Phi) is 36.0. The lowest BCUT2D eigenvalue weighted by atomic mass is 9.84. The summed E-state index contributed by atoms with van der Waals surface area (Å²) < 4.78 is 0. The number of benzene rings is 1. The standard InChI is InChI=1S/C56H97N9O10/c1-6-8-9-10-11-12-13-14-15-16-17-18-19-25-51(72)65-52(39(4)66)49(70)37-44(38(3)7-2)55(75)64-46(30-31-50(58)71)48(69)36-42(34-40-26-28-43(67)29-27-40)54(74)63-45(24-22-33-62-56(59)60)47(68)35-41(53(73)61-5)23-20-21-32-57/h26-29,38-39,41-42,44-46,52,66-67H,6-25,30-37,57H2,1-5H3,(H2,58,71)(H,61,73)(H,63,74)(H,64,75)(H,65,72)(H4,59,60,62)/t38-,39+,41+,42+,44-,45-,46-,52-/m0/s1. The van der Waals surface area contributed by atoms with E-state index in [9.17, 15) is 48.6 Å². The van der Waals surface area contributed by atoms with Gasteiger partial charge in [0.2, 0.25) is 29.5 Å². The quantitative estimate of drug-likeness (QED) is 0.0228. The number of Topliss-reactive ketones (excluding diaryl/α,β-unsaturated/α-hetero) is 3. The van der Waals surface area contributed by atoms with Crippen LogP contribution < -0.4 is 44.2 Å². The Morgan fingerprint density at radius 2 is 1.15 bits per heavy atom. The van der Waals surface area contributed by atoms with Gasteiger partial charge in [0.25, 0.3) is 0 Å². The molecule has 19 nitrogen and oxygen atoms in total. The van der Waals surface area contributed by atoms with Gasteiger partial charge in [-0.25, -0.2) is 0 Å². The first-order valence-corrected chi connectivity index (χ1v) is 28.0. The van der Waals surface area contributed by atoms with Crippen LogP contribution in [0.2, 0.25) is 0 Å². The minimum absolute atomic E-state index is 0.0323. The number of nitrogens with two attached hydrogens (primary N) is 4. The monoisotopic (exact) mass is 1060 g/mol. The second-order valence-corrected chi connectivity index (χ2v) is 20.5. The molecule has 0 aromatic heterocycles. The third kappa shape index (κ3) is 30.0. The van der Waals surface area contributed by atoms with Gasteiger partial charge >= 0.3 is 0 Å². The van der Waals surface area contributed by atoms with Gasteiger partial charge in [-0.2, -0.15) is 0 Å². The number of carbonyl (C=O) groups excluding carboxylic acids is 8. The van der Waals surface area contributed by atoms with E-state index in [4.69, 9.17) is 22.9 Å². The van der Waals surface area contributed by atoms with E-state index in [1.807, 2.05) is 6.92 Å². The number of nitrogens with zero attached hydrogens (tertiary/aromatic N) is 1. The van der Waals surface area contributed by atoms with E-state index >= 15 is 0 Å². The van der Waals surface area contributed by atoms with Gasteiger partial charge in [0.1, 0.15) is 11.8 Å². The topological polar surface area (TPSA) is 342 Å². The van der Waals surface area contributed by atoms with Gasteiger partial charge in [-0.3, -0.25) is 43.3 Å². The molecule has 19 heteroatoms. The summed E-state index contributed by atoms with van der Waals surface area (Å²) in [6, 6.07) is 2.27. The third-order valence-corrected chi connectivity index (χ3v) is 14.1. The van der Waals surface area contributed by atoms with E-state index in [1.54, 1.807) is 19.1 Å². The number of aromatic hydroxyl groups is 1. The summed E-state index contributed by atoms with van der Waals surface area (Å²) in [4.78, 5) is 113. The van der Waals surface area contributed by atoms with Gasteiger partial charge in [0.15, 0.2) is 23.3 Å². The molecule has 14 N–H and O–H groups in total. The van der Waals surface area contributed by atoms with Gasteiger partial charge in [-0.1, -0.05) is 123 Å². The summed E-state index contributed by atoms with van der Waals surface area (Å²) >= 11 is 0. The number of aliphatic hydroxyl groups is 1. The van der Waals surface area contributed by atoms with Crippen molar-refractivity contribution in [2.75, 3.05) is 20.1 Å². The average Bonchev–Trinajstić information content (AvgIpc) is 3.37. The minimum atomic E-state index is -1.34. The first kappa shape index (κ1) is 67.6. The van der Waals surface area contributed by atoms with Crippen molar-refractivity contribution in [2.24, 2.45) is 51.6 Å². The maximum Gasteiger partial charge on any atom is 0.224 e. The number of rotatable bonds is 45. The van der Waals surface area contributed by atoms with Gasteiger partial charge in [0, 0.05) is 63.5 Å². The fourth-order valence-corrected chi connectivity index (χ4v) is 9.19. The van der Waals surface area contributed by atoms with E-state index in [1.165, 1.54) is 77.5 Å². The molecule has 1 aromatic rings. The zero-order valence-corrected chi connectivity index (χ0v) is 46.1. The molecule has 75 heavy (non-hydrogen) atoms. The number of primary amides is 1. The summed E-state index contributed by atoms with van der Waals surface area (Å²) in [7, 11) is 1.47. The molecule has 1 rings (SSSR count).